The molecule has 0 saturated carbocycles. The lowest BCUT2D eigenvalue weighted by Gasteiger charge is -2.34. The number of halogens is 3. The van der Waals surface area contributed by atoms with Gasteiger partial charge in [-0.3, -0.25) is 14.5 Å². The fraction of sp³-hybridized carbons (Fsp3) is 0.556. The molecule has 0 bridgehead atoms. The van der Waals surface area contributed by atoms with Gasteiger partial charge >= 0.3 is 12.1 Å². The zero-order valence-corrected chi connectivity index (χ0v) is 14.2. The molecule has 142 valence electrons. The third-order valence-electron chi connectivity index (χ3n) is 5.37. The Morgan fingerprint density at radius 1 is 1.19 bits per heavy atom. The second-order valence-electron chi connectivity index (χ2n) is 7.10. The summed E-state index contributed by atoms with van der Waals surface area (Å²) in [7, 11) is 0. The van der Waals surface area contributed by atoms with Crippen LogP contribution in [-0.2, 0) is 16.1 Å². The number of carboxylic acid groups (broad SMARTS) is 1. The Bertz CT molecular complexity index is 680. The monoisotopic (exact) mass is 370 g/mol. The minimum absolute atomic E-state index is 0.0618. The summed E-state index contributed by atoms with van der Waals surface area (Å²) in [5, 5.41) is 9.04. The number of benzene rings is 1. The van der Waals surface area contributed by atoms with Gasteiger partial charge < -0.3 is 10.0 Å². The predicted molar refractivity (Wildman–Crippen MR) is 87.1 cm³/mol. The molecule has 5 nitrogen and oxygen atoms in total. The number of hydrogen-bond donors (Lipinski definition) is 1. The molecule has 3 rings (SSSR count). The van der Waals surface area contributed by atoms with Crippen molar-refractivity contribution in [2.75, 3.05) is 26.2 Å². The van der Waals surface area contributed by atoms with Crippen molar-refractivity contribution in [2.24, 2.45) is 11.3 Å². The first kappa shape index (κ1) is 18.7. The molecule has 1 aromatic rings. The van der Waals surface area contributed by atoms with Crippen LogP contribution in [0.15, 0.2) is 30.3 Å². The van der Waals surface area contributed by atoms with Crippen LogP contribution in [0.1, 0.15) is 18.4 Å². The number of likely N-dealkylation sites (tertiary alicyclic amines) is 2. The molecule has 1 aromatic carbocycles. The smallest absolute Gasteiger partial charge is 0.404 e. The van der Waals surface area contributed by atoms with Crippen LogP contribution in [-0.4, -0.2) is 59.1 Å². The summed E-state index contributed by atoms with van der Waals surface area (Å²) in [6, 6.07) is 9.16. The molecule has 0 unspecified atom stereocenters. The molecule has 0 radical (unpaired) electrons. The fourth-order valence-corrected chi connectivity index (χ4v) is 3.84. The summed E-state index contributed by atoms with van der Waals surface area (Å²) in [5.74, 6) is -2.84. The van der Waals surface area contributed by atoms with Gasteiger partial charge in [0.05, 0.1) is 5.92 Å². The van der Waals surface area contributed by atoms with E-state index < -0.39 is 35.9 Å². The van der Waals surface area contributed by atoms with Gasteiger partial charge in [0, 0.05) is 26.2 Å². The topological polar surface area (TPSA) is 60.9 Å². The van der Waals surface area contributed by atoms with Crippen molar-refractivity contribution in [1.29, 1.82) is 0 Å². The van der Waals surface area contributed by atoms with E-state index >= 15 is 0 Å². The second kappa shape index (κ2) is 6.90. The molecule has 0 spiro atoms. The average Bonchev–Trinajstić information content (AvgIpc) is 3.22. The molecule has 8 heteroatoms. The van der Waals surface area contributed by atoms with Crippen LogP contribution in [0.2, 0.25) is 0 Å². The first-order valence-corrected chi connectivity index (χ1v) is 8.58. The molecule has 2 aliphatic rings. The molecule has 1 N–H and O–H groups in total. The molecular formula is C18H21F3N2O3. The zero-order valence-electron chi connectivity index (χ0n) is 14.2. The van der Waals surface area contributed by atoms with Crippen molar-refractivity contribution >= 4 is 11.9 Å². The lowest BCUT2D eigenvalue weighted by Crippen LogP contribution is -2.53. The summed E-state index contributed by atoms with van der Waals surface area (Å²) < 4.78 is 41.7. The predicted octanol–water partition coefficient (Wildman–Crippen LogP) is 2.37. The lowest BCUT2D eigenvalue weighted by molar-refractivity contribution is -0.223. The van der Waals surface area contributed by atoms with Gasteiger partial charge in [-0.05, 0) is 24.9 Å². The molecule has 0 aliphatic carbocycles. The van der Waals surface area contributed by atoms with Crippen LogP contribution in [0.4, 0.5) is 13.2 Å². The number of carbonyl (C=O) groups is 2. The minimum Gasteiger partial charge on any atom is -0.481 e. The van der Waals surface area contributed by atoms with Gasteiger partial charge in [0.1, 0.15) is 0 Å². The summed E-state index contributed by atoms with van der Waals surface area (Å²) in [6.07, 6.45) is -4.77. The normalized spacial score (nSPS) is 27.0. The van der Waals surface area contributed by atoms with E-state index in [0.717, 1.165) is 10.5 Å². The van der Waals surface area contributed by atoms with Crippen LogP contribution >= 0.6 is 0 Å². The van der Waals surface area contributed by atoms with Crippen LogP contribution < -0.4 is 0 Å². The highest BCUT2D eigenvalue weighted by atomic mass is 19.4. The largest absolute Gasteiger partial charge is 0.481 e. The molecule has 2 heterocycles. The number of nitrogens with zero attached hydrogens (tertiary/aromatic N) is 2. The highest BCUT2D eigenvalue weighted by Gasteiger charge is 2.64. The number of rotatable bonds is 4. The molecule has 2 fully saturated rings. The number of aliphatic carboxylic acids is 1. The Balaban J connectivity index is 1.76. The van der Waals surface area contributed by atoms with Crippen LogP contribution in [0.3, 0.4) is 0 Å². The molecule has 1 amide bonds. The Morgan fingerprint density at radius 2 is 1.88 bits per heavy atom. The maximum absolute atomic E-state index is 13.9. The number of hydrogen-bond acceptors (Lipinski definition) is 3. The van der Waals surface area contributed by atoms with Crippen LogP contribution in [0.25, 0.3) is 0 Å². The lowest BCUT2D eigenvalue weighted by atomic mass is 9.84. The quantitative estimate of drug-likeness (QED) is 0.884. The summed E-state index contributed by atoms with van der Waals surface area (Å²) >= 11 is 0. The summed E-state index contributed by atoms with van der Waals surface area (Å²) in [6.45, 7) is 0.0511. The third-order valence-corrected chi connectivity index (χ3v) is 5.37. The number of amides is 1. The Hall–Kier alpha value is -2.09. The molecule has 0 aromatic heterocycles. The maximum atomic E-state index is 13.9. The van der Waals surface area contributed by atoms with Crippen LogP contribution in [0.5, 0.6) is 0 Å². The van der Waals surface area contributed by atoms with Gasteiger partial charge in [0.15, 0.2) is 5.41 Å². The van der Waals surface area contributed by atoms with E-state index in [4.69, 9.17) is 5.11 Å². The van der Waals surface area contributed by atoms with Crippen molar-refractivity contribution in [1.82, 2.24) is 9.80 Å². The van der Waals surface area contributed by atoms with Gasteiger partial charge in [-0.1, -0.05) is 30.3 Å². The first-order valence-electron chi connectivity index (χ1n) is 8.58. The van der Waals surface area contributed by atoms with E-state index in [1.165, 1.54) is 0 Å². The number of alkyl halides is 3. The molecule has 2 saturated heterocycles. The fourth-order valence-electron chi connectivity index (χ4n) is 3.84. The SMILES string of the molecule is O=C(O)[C@H]1CCN(C(=O)[C@@]2(C(F)(F)F)CCN(Cc3ccccc3)C2)C1. The van der Waals surface area contributed by atoms with Gasteiger partial charge in [0.25, 0.3) is 0 Å². The first-order chi connectivity index (χ1) is 12.2. The van der Waals surface area contributed by atoms with Gasteiger partial charge in [0.2, 0.25) is 5.91 Å². The molecular weight excluding hydrogens is 349 g/mol. The summed E-state index contributed by atoms with van der Waals surface area (Å²) in [5.41, 5.74) is -1.56. The average molecular weight is 370 g/mol. The standard InChI is InChI=1S/C18H21F3N2O3/c19-18(20,21)17(16(26)23-8-6-14(11-23)15(24)25)7-9-22(12-17)10-13-4-2-1-3-5-13/h1-5,14H,6-12H2,(H,24,25)/t14-,17+/m0/s1. The van der Waals surface area contributed by atoms with E-state index in [0.29, 0.717) is 6.54 Å². The van der Waals surface area contributed by atoms with Crippen molar-refractivity contribution in [3.8, 4) is 0 Å². The molecule has 26 heavy (non-hydrogen) atoms. The number of carbonyl (C=O) groups excluding carboxylic acids is 1. The van der Waals surface area contributed by atoms with E-state index in [1.54, 1.807) is 4.90 Å². The van der Waals surface area contributed by atoms with Crippen LogP contribution in [0, 0.1) is 11.3 Å². The van der Waals surface area contributed by atoms with Crippen molar-refractivity contribution in [3.05, 3.63) is 35.9 Å². The van der Waals surface area contributed by atoms with Gasteiger partial charge in [-0.15, -0.1) is 0 Å². The minimum atomic E-state index is -4.67. The highest BCUT2D eigenvalue weighted by molar-refractivity contribution is 5.85. The Labute approximate surface area is 149 Å². The van der Waals surface area contributed by atoms with Crippen molar-refractivity contribution < 1.29 is 27.9 Å². The van der Waals surface area contributed by atoms with Crippen molar-refractivity contribution in [3.63, 3.8) is 0 Å². The van der Waals surface area contributed by atoms with E-state index in [-0.39, 0.29) is 32.5 Å². The van der Waals surface area contributed by atoms with E-state index in [1.807, 2.05) is 30.3 Å². The maximum Gasteiger partial charge on any atom is 0.404 e. The third kappa shape index (κ3) is 3.42. The summed E-state index contributed by atoms with van der Waals surface area (Å²) in [4.78, 5) is 26.5. The highest BCUT2D eigenvalue weighted by Crippen LogP contribution is 2.47. The Kier molecular flexibility index (Phi) is 4.96. The Morgan fingerprint density at radius 3 is 2.46 bits per heavy atom. The van der Waals surface area contributed by atoms with Gasteiger partial charge in [-0.25, -0.2) is 0 Å². The van der Waals surface area contributed by atoms with Gasteiger partial charge in [-0.2, -0.15) is 13.2 Å². The number of carboxylic acids is 1. The molecule has 2 aliphatic heterocycles. The zero-order chi connectivity index (χ0) is 18.9. The van der Waals surface area contributed by atoms with E-state index in [2.05, 4.69) is 0 Å². The second-order valence-corrected chi connectivity index (χ2v) is 7.10. The van der Waals surface area contributed by atoms with E-state index in [9.17, 15) is 22.8 Å². The van der Waals surface area contributed by atoms with Crippen molar-refractivity contribution in [2.45, 2.75) is 25.6 Å². The molecule has 2 atom stereocenters.